The molecule has 1 aliphatic rings. The fourth-order valence-electron chi connectivity index (χ4n) is 1.82. The third-order valence-corrected chi connectivity index (χ3v) is 2.54. The van der Waals surface area contributed by atoms with E-state index in [2.05, 4.69) is 20.6 Å². The van der Waals surface area contributed by atoms with Gasteiger partial charge in [0.1, 0.15) is 17.7 Å². The first-order chi connectivity index (χ1) is 7.77. The van der Waals surface area contributed by atoms with Crippen LogP contribution in [0.5, 0.6) is 0 Å². The van der Waals surface area contributed by atoms with Gasteiger partial charge in [-0.3, -0.25) is 15.2 Å². The monoisotopic (exact) mass is 220 g/mol. The Balaban J connectivity index is 2.15. The van der Waals surface area contributed by atoms with Crippen molar-refractivity contribution < 1.29 is 4.92 Å². The molecule has 82 valence electrons. The lowest BCUT2D eigenvalue weighted by Crippen LogP contribution is -1.95. The van der Waals surface area contributed by atoms with Crippen molar-refractivity contribution in [3.05, 3.63) is 22.5 Å². The van der Waals surface area contributed by atoms with E-state index in [1.165, 1.54) is 6.20 Å². The molecule has 0 atom stereocenters. The van der Waals surface area contributed by atoms with Gasteiger partial charge in [0.15, 0.2) is 0 Å². The fourth-order valence-corrected chi connectivity index (χ4v) is 1.82. The van der Waals surface area contributed by atoms with E-state index in [9.17, 15) is 10.1 Å². The molecular weight excluding hydrogens is 212 g/mol. The topological polar surface area (TPSA) is 102 Å². The molecule has 2 aromatic rings. The second-order valence-electron chi connectivity index (χ2n) is 3.44. The highest BCUT2D eigenvalue weighted by molar-refractivity contribution is 5.78. The Morgan fingerprint density at radius 2 is 2.38 bits per heavy atom. The minimum absolute atomic E-state index is 0.0375. The molecule has 0 amide bonds. The molecule has 0 saturated heterocycles. The molecule has 0 aliphatic carbocycles. The van der Waals surface area contributed by atoms with Gasteiger partial charge in [-0.15, -0.1) is 0 Å². The number of hydrogen-bond acceptors (Lipinski definition) is 5. The van der Waals surface area contributed by atoms with Crippen molar-refractivity contribution in [2.75, 3.05) is 11.9 Å². The van der Waals surface area contributed by atoms with Gasteiger partial charge in [0.25, 0.3) is 0 Å². The molecule has 0 bridgehead atoms. The van der Waals surface area contributed by atoms with Crippen molar-refractivity contribution in [3.63, 3.8) is 0 Å². The number of nitro groups is 1. The SMILES string of the molecule is O=[N+]([O-])c1cn[nH]c1-c1cnn2c1NCC2. The minimum atomic E-state index is -0.460. The number of fused-ring (bicyclic) bond motifs is 1. The smallest absolute Gasteiger partial charge is 0.314 e. The lowest BCUT2D eigenvalue weighted by molar-refractivity contribution is -0.384. The lowest BCUT2D eigenvalue weighted by Gasteiger charge is -1.97. The number of hydrogen-bond donors (Lipinski definition) is 2. The molecule has 0 saturated carbocycles. The van der Waals surface area contributed by atoms with E-state index in [1.54, 1.807) is 10.9 Å². The first-order valence-corrected chi connectivity index (χ1v) is 4.75. The molecule has 8 nitrogen and oxygen atoms in total. The summed E-state index contributed by atoms with van der Waals surface area (Å²) in [5, 5.41) is 24.4. The second kappa shape index (κ2) is 3.05. The molecule has 0 spiro atoms. The van der Waals surface area contributed by atoms with Gasteiger partial charge in [0.05, 0.1) is 23.2 Å². The summed E-state index contributed by atoms with van der Waals surface area (Å²) in [6, 6.07) is 0. The summed E-state index contributed by atoms with van der Waals surface area (Å²) < 4.78 is 1.78. The van der Waals surface area contributed by atoms with Gasteiger partial charge >= 0.3 is 5.69 Å². The molecule has 3 rings (SSSR count). The average molecular weight is 220 g/mol. The fraction of sp³-hybridized carbons (Fsp3) is 0.250. The van der Waals surface area contributed by atoms with Crippen LogP contribution in [0.4, 0.5) is 11.5 Å². The van der Waals surface area contributed by atoms with Crippen LogP contribution in [0.1, 0.15) is 0 Å². The van der Waals surface area contributed by atoms with Crippen LogP contribution in [-0.4, -0.2) is 31.4 Å². The standard InChI is InChI=1S/C8H8N6O2/c15-14(16)6-4-10-12-7(6)5-3-11-13-2-1-9-8(5)13/h3-4,9H,1-2H2,(H,10,12). The number of aromatic amines is 1. The van der Waals surface area contributed by atoms with Crippen molar-refractivity contribution >= 4 is 11.5 Å². The van der Waals surface area contributed by atoms with Crippen molar-refractivity contribution in [2.24, 2.45) is 0 Å². The predicted octanol–water partition coefficient (Wildman–Crippen LogP) is 0.607. The van der Waals surface area contributed by atoms with Crippen molar-refractivity contribution in [1.29, 1.82) is 0 Å². The quantitative estimate of drug-likeness (QED) is 0.570. The summed E-state index contributed by atoms with van der Waals surface area (Å²) in [4.78, 5) is 10.3. The van der Waals surface area contributed by atoms with Gasteiger partial charge in [0.2, 0.25) is 0 Å². The molecule has 1 aliphatic heterocycles. The highest BCUT2D eigenvalue weighted by Crippen LogP contribution is 2.33. The van der Waals surface area contributed by atoms with Gasteiger partial charge in [0, 0.05) is 6.54 Å². The Hall–Kier alpha value is -2.38. The van der Waals surface area contributed by atoms with Crippen LogP contribution in [0.15, 0.2) is 12.4 Å². The van der Waals surface area contributed by atoms with Crippen LogP contribution < -0.4 is 5.32 Å². The van der Waals surface area contributed by atoms with Crippen LogP contribution >= 0.6 is 0 Å². The number of anilines is 1. The average Bonchev–Trinajstić information content (AvgIpc) is 2.92. The van der Waals surface area contributed by atoms with E-state index in [1.807, 2.05) is 0 Å². The molecule has 0 aromatic carbocycles. The zero-order valence-electron chi connectivity index (χ0n) is 8.17. The first-order valence-electron chi connectivity index (χ1n) is 4.75. The van der Waals surface area contributed by atoms with E-state index >= 15 is 0 Å². The Morgan fingerprint density at radius 3 is 3.19 bits per heavy atom. The number of rotatable bonds is 2. The highest BCUT2D eigenvalue weighted by Gasteiger charge is 2.24. The molecule has 2 N–H and O–H groups in total. The van der Waals surface area contributed by atoms with Gasteiger partial charge in [-0.05, 0) is 0 Å². The number of nitrogens with one attached hydrogen (secondary N) is 2. The third kappa shape index (κ3) is 1.09. The minimum Gasteiger partial charge on any atom is -0.368 e. The molecule has 2 aromatic heterocycles. The summed E-state index contributed by atoms with van der Waals surface area (Å²) in [5.74, 6) is 0.798. The maximum Gasteiger partial charge on any atom is 0.314 e. The van der Waals surface area contributed by atoms with Gasteiger partial charge in [-0.25, -0.2) is 4.68 Å². The van der Waals surface area contributed by atoms with E-state index in [0.717, 1.165) is 18.9 Å². The Kier molecular flexibility index (Phi) is 1.70. The van der Waals surface area contributed by atoms with E-state index < -0.39 is 4.92 Å². The number of aromatic nitrogens is 4. The largest absolute Gasteiger partial charge is 0.368 e. The summed E-state index contributed by atoms with van der Waals surface area (Å²) in [6.45, 7) is 1.56. The van der Waals surface area contributed by atoms with Crippen molar-refractivity contribution in [2.45, 2.75) is 6.54 Å². The molecular formula is C8H8N6O2. The number of H-pyrrole nitrogens is 1. The second-order valence-corrected chi connectivity index (χ2v) is 3.44. The maximum absolute atomic E-state index is 10.8. The van der Waals surface area contributed by atoms with Crippen LogP contribution in [0.25, 0.3) is 11.3 Å². The first kappa shape index (κ1) is 8.89. The molecule has 3 heterocycles. The molecule has 8 heteroatoms. The number of nitrogens with zero attached hydrogens (tertiary/aromatic N) is 4. The van der Waals surface area contributed by atoms with E-state index in [0.29, 0.717) is 11.3 Å². The predicted molar refractivity (Wildman–Crippen MR) is 55.0 cm³/mol. The van der Waals surface area contributed by atoms with Crippen molar-refractivity contribution in [1.82, 2.24) is 20.0 Å². The van der Waals surface area contributed by atoms with Crippen LogP contribution in [-0.2, 0) is 6.54 Å². The Bertz CT molecular complexity index is 557. The zero-order chi connectivity index (χ0) is 11.1. The zero-order valence-corrected chi connectivity index (χ0v) is 8.17. The highest BCUT2D eigenvalue weighted by atomic mass is 16.6. The summed E-state index contributed by atoms with van der Waals surface area (Å²) in [6.07, 6.45) is 2.80. The molecule has 0 fully saturated rings. The van der Waals surface area contributed by atoms with Crippen LogP contribution in [0.2, 0.25) is 0 Å². The normalized spacial score (nSPS) is 13.5. The van der Waals surface area contributed by atoms with Gasteiger partial charge in [-0.2, -0.15) is 10.2 Å². The lowest BCUT2D eigenvalue weighted by atomic mass is 10.2. The van der Waals surface area contributed by atoms with Crippen molar-refractivity contribution in [3.8, 4) is 11.3 Å². The molecule has 16 heavy (non-hydrogen) atoms. The van der Waals surface area contributed by atoms with Gasteiger partial charge in [-0.1, -0.05) is 0 Å². The summed E-state index contributed by atoms with van der Waals surface area (Å²) in [5.41, 5.74) is 1.03. The van der Waals surface area contributed by atoms with Crippen LogP contribution in [0.3, 0.4) is 0 Å². The Labute approximate surface area is 89.4 Å². The Morgan fingerprint density at radius 1 is 1.50 bits per heavy atom. The van der Waals surface area contributed by atoms with Gasteiger partial charge < -0.3 is 5.32 Å². The molecule has 0 unspecified atom stereocenters. The van der Waals surface area contributed by atoms with E-state index in [4.69, 9.17) is 0 Å². The van der Waals surface area contributed by atoms with Crippen LogP contribution in [0, 0.1) is 10.1 Å². The summed E-state index contributed by atoms with van der Waals surface area (Å²) >= 11 is 0. The third-order valence-electron chi connectivity index (χ3n) is 2.54. The maximum atomic E-state index is 10.8. The van der Waals surface area contributed by atoms with E-state index in [-0.39, 0.29) is 5.69 Å². The summed E-state index contributed by atoms with van der Waals surface area (Å²) in [7, 11) is 0. The molecule has 0 radical (unpaired) electrons.